The van der Waals surface area contributed by atoms with Gasteiger partial charge in [-0.3, -0.25) is 0 Å². The Kier molecular flexibility index (Phi) is 4.46. The van der Waals surface area contributed by atoms with Crippen LogP contribution in [-0.4, -0.2) is 45.0 Å². The van der Waals surface area contributed by atoms with E-state index < -0.39 is 0 Å². The van der Waals surface area contributed by atoms with Crippen molar-refractivity contribution in [2.75, 3.05) is 13.1 Å². The van der Waals surface area contributed by atoms with Gasteiger partial charge in [0.25, 0.3) is 0 Å². The Labute approximate surface area is 157 Å². The first-order chi connectivity index (χ1) is 12.4. The van der Waals surface area contributed by atoms with Gasteiger partial charge in [-0.1, -0.05) is 41.2 Å². The molecular weight excluding hydrogens is 348 g/mol. The van der Waals surface area contributed by atoms with Crippen LogP contribution in [0.25, 0.3) is 4.96 Å². The number of thiazole rings is 1. The zero-order chi connectivity index (χ0) is 18.4. The Hall–Kier alpha value is -1.96. The molecule has 1 saturated heterocycles. The third-order valence-corrected chi connectivity index (χ3v) is 6.04. The van der Waals surface area contributed by atoms with E-state index in [1.165, 1.54) is 27.4 Å². The van der Waals surface area contributed by atoms with Crippen LogP contribution in [0.2, 0.25) is 0 Å². The SMILES string of the molecule is Cc1ccc([C@H](c2sc3nc(C)nn3c2O)[NH+]2C[C@@H](C)O[C@@H](C)C2)cc1. The molecule has 4 rings (SSSR count). The van der Waals surface area contributed by atoms with Crippen LogP contribution in [0, 0.1) is 13.8 Å². The first kappa shape index (κ1) is 17.5. The summed E-state index contributed by atoms with van der Waals surface area (Å²) in [6.45, 7) is 9.96. The number of benzene rings is 1. The van der Waals surface area contributed by atoms with Gasteiger partial charge in [0.05, 0.1) is 0 Å². The lowest BCUT2D eigenvalue weighted by Gasteiger charge is -2.37. The number of quaternary nitrogens is 1. The Balaban J connectivity index is 1.82. The van der Waals surface area contributed by atoms with Gasteiger partial charge in [-0.2, -0.15) is 4.52 Å². The fourth-order valence-corrected chi connectivity index (χ4v) is 5.10. The molecule has 0 aliphatic carbocycles. The predicted octanol–water partition coefficient (Wildman–Crippen LogP) is 1.89. The van der Waals surface area contributed by atoms with Gasteiger partial charge in [-0.05, 0) is 27.7 Å². The van der Waals surface area contributed by atoms with Crippen LogP contribution < -0.4 is 4.90 Å². The number of aromatic hydroxyl groups is 1. The van der Waals surface area contributed by atoms with Crippen molar-refractivity contribution in [3.05, 3.63) is 46.1 Å². The number of morpholine rings is 1. The van der Waals surface area contributed by atoms with Crippen molar-refractivity contribution in [3.8, 4) is 5.88 Å². The normalized spacial score (nSPS) is 24.8. The van der Waals surface area contributed by atoms with Gasteiger partial charge in [0.15, 0.2) is 6.04 Å². The van der Waals surface area contributed by atoms with E-state index in [1.54, 1.807) is 4.52 Å². The summed E-state index contributed by atoms with van der Waals surface area (Å²) in [6.07, 6.45) is 0.376. The average Bonchev–Trinajstić information content (AvgIpc) is 3.07. The maximum absolute atomic E-state index is 10.9. The predicted molar refractivity (Wildman–Crippen MR) is 101 cm³/mol. The number of nitrogens with zero attached hydrogens (tertiary/aromatic N) is 3. The maximum atomic E-state index is 10.9. The molecule has 138 valence electrons. The summed E-state index contributed by atoms with van der Waals surface area (Å²) < 4.78 is 7.50. The van der Waals surface area contributed by atoms with E-state index >= 15 is 0 Å². The summed E-state index contributed by atoms with van der Waals surface area (Å²) in [5.41, 5.74) is 2.43. The number of ether oxygens (including phenoxy) is 1. The van der Waals surface area contributed by atoms with Gasteiger partial charge < -0.3 is 14.7 Å². The second-order valence-corrected chi connectivity index (χ2v) is 8.32. The van der Waals surface area contributed by atoms with Crippen molar-refractivity contribution in [2.24, 2.45) is 0 Å². The molecule has 2 aromatic heterocycles. The third kappa shape index (κ3) is 3.11. The molecule has 6 nitrogen and oxygen atoms in total. The van der Waals surface area contributed by atoms with Gasteiger partial charge in [0.2, 0.25) is 10.8 Å². The summed E-state index contributed by atoms with van der Waals surface area (Å²) in [6, 6.07) is 8.63. The van der Waals surface area contributed by atoms with E-state index in [0.29, 0.717) is 5.82 Å². The molecule has 0 spiro atoms. The highest BCUT2D eigenvalue weighted by Gasteiger charge is 2.37. The van der Waals surface area contributed by atoms with Gasteiger partial charge in [-0.25, -0.2) is 4.98 Å². The summed E-state index contributed by atoms with van der Waals surface area (Å²) in [4.78, 5) is 7.49. The number of aromatic nitrogens is 3. The van der Waals surface area contributed by atoms with E-state index in [9.17, 15) is 5.11 Å². The van der Waals surface area contributed by atoms with E-state index in [0.717, 1.165) is 22.9 Å². The molecule has 7 heteroatoms. The minimum atomic E-state index is 0.0400. The number of aryl methyl sites for hydroxylation is 2. The number of hydrogen-bond acceptors (Lipinski definition) is 5. The molecule has 1 aromatic carbocycles. The van der Waals surface area contributed by atoms with Crippen molar-refractivity contribution in [2.45, 2.75) is 45.9 Å². The fourth-order valence-electron chi connectivity index (χ4n) is 3.92. The first-order valence-electron chi connectivity index (χ1n) is 9.04. The summed E-state index contributed by atoms with van der Waals surface area (Å²) >= 11 is 1.53. The minimum Gasteiger partial charge on any atom is -0.492 e. The quantitative estimate of drug-likeness (QED) is 0.736. The highest BCUT2D eigenvalue weighted by Crippen LogP contribution is 2.35. The molecule has 0 saturated carbocycles. The van der Waals surface area contributed by atoms with Crippen molar-refractivity contribution < 1.29 is 14.7 Å². The van der Waals surface area contributed by atoms with Crippen LogP contribution >= 0.6 is 11.3 Å². The Morgan fingerprint density at radius 1 is 1.19 bits per heavy atom. The number of nitrogens with one attached hydrogen (secondary N) is 1. The van der Waals surface area contributed by atoms with Crippen molar-refractivity contribution in [1.29, 1.82) is 0 Å². The van der Waals surface area contributed by atoms with Crippen LogP contribution in [0.1, 0.15) is 41.7 Å². The van der Waals surface area contributed by atoms with Crippen molar-refractivity contribution in [3.63, 3.8) is 0 Å². The van der Waals surface area contributed by atoms with Crippen LogP contribution in [-0.2, 0) is 4.74 Å². The molecule has 2 N–H and O–H groups in total. The first-order valence-corrected chi connectivity index (χ1v) is 9.85. The van der Waals surface area contributed by atoms with E-state index in [-0.39, 0.29) is 24.1 Å². The maximum Gasteiger partial charge on any atom is 0.235 e. The number of hydrogen-bond donors (Lipinski definition) is 2. The standard InChI is InChI=1S/C19H24N4O2S/c1-11-5-7-15(8-6-11)16(22-9-12(2)25-13(3)10-22)17-18(24)23-19(26-17)20-14(4)21-23/h5-8,12-13,16,24H,9-10H2,1-4H3/p+1/t12-,13+,16-/m1/s1. The third-order valence-electron chi connectivity index (χ3n) is 4.95. The Morgan fingerprint density at radius 3 is 2.46 bits per heavy atom. The van der Waals surface area contributed by atoms with Gasteiger partial charge in [0.1, 0.15) is 36.0 Å². The van der Waals surface area contributed by atoms with Gasteiger partial charge in [-0.15, -0.1) is 5.10 Å². The monoisotopic (exact) mass is 373 g/mol. The van der Waals surface area contributed by atoms with Gasteiger partial charge >= 0.3 is 0 Å². The molecule has 1 unspecified atom stereocenters. The molecule has 1 aliphatic rings. The molecule has 4 atom stereocenters. The summed E-state index contributed by atoms with van der Waals surface area (Å²) in [5.74, 6) is 0.876. The zero-order valence-electron chi connectivity index (χ0n) is 15.6. The number of fused-ring (bicyclic) bond motifs is 1. The molecule has 1 aliphatic heterocycles. The molecule has 1 fully saturated rings. The van der Waals surface area contributed by atoms with E-state index in [1.807, 2.05) is 6.92 Å². The highest BCUT2D eigenvalue weighted by atomic mass is 32.1. The Morgan fingerprint density at radius 2 is 1.85 bits per heavy atom. The molecule has 0 bridgehead atoms. The molecule has 26 heavy (non-hydrogen) atoms. The van der Waals surface area contributed by atoms with Crippen LogP contribution in [0.3, 0.4) is 0 Å². The largest absolute Gasteiger partial charge is 0.492 e. The second kappa shape index (κ2) is 6.64. The second-order valence-electron chi connectivity index (χ2n) is 7.31. The van der Waals surface area contributed by atoms with Crippen molar-refractivity contribution in [1.82, 2.24) is 14.6 Å². The summed E-state index contributed by atoms with van der Waals surface area (Å²) in [7, 11) is 0. The smallest absolute Gasteiger partial charge is 0.235 e. The zero-order valence-corrected chi connectivity index (χ0v) is 16.4. The molecule has 0 amide bonds. The van der Waals surface area contributed by atoms with E-state index in [2.05, 4.69) is 55.1 Å². The lowest BCUT2D eigenvalue weighted by atomic mass is 10.0. The van der Waals surface area contributed by atoms with Crippen LogP contribution in [0.5, 0.6) is 5.88 Å². The molecule has 3 aromatic rings. The average molecular weight is 374 g/mol. The number of rotatable bonds is 3. The van der Waals surface area contributed by atoms with Crippen molar-refractivity contribution >= 4 is 16.3 Å². The molecular formula is C19H25N4O2S+. The fraction of sp³-hybridized carbons (Fsp3) is 0.474. The lowest BCUT2D eigenvalue weighted by Crippen LogP contribution is -3.15. The molecule has 0 radical (unpaired) electrons. The van der Waals surface area contributed by atoms with Crippen LogP contribution in [0.15, 0.2) is 24.3 Å². The minimum absolute atomic E-state index is 0.0400. The lowest BCUT2D eigenvalue weighted by molar-refractivity contribution is -0.939. The van der Waals surface area contributed by atoms with Crippen LogP contribution in [0.4, 0.5) is 0 Å². The highest BCUT2D eigenvalue weighted by molar-refractivity contribution is 7.17. The topological polar surface area (TPSA) is 64.1 Å². The Bertz CT molecular complexity index is 908. The summed E-state index contributed by atoms with van der Waals surface area (Å²) in [5, 5.41) is 15.2. The van der Waals surface area contributed by atoms with Gasteiger partial charge in [0, 0.05) is 5.56 Å². The van der Waals surface area contributed by atoms with E-state index in [4.69, 9.17) is 4.74 Å². The molecule has 3 heterocycles.